The van der Waals surface area contributed by atoms with E-state index in [1.54, 1.807) is 5.57 Å². The summed E-state index contributed by atoms with van der Waals surface area (Å²) in [6.07, 6.45) is 13.4. The average molecular weight is 629 g/mol. The zero-order valence-electron chi connectivity index (χ0n) is 21.8. The van der Waals surface area contributed by atoms with E-state index in [9.17, 15) is 0 Å². The van der Waals surface area contributed by atoms with Crippen molar-refractivity contribution in [3.05, 3.63) is 87.0 Å². The predicted octanol–water partition coefficient (Wildman–Crippen LogP) is 9.20. The molecule has 190 valence electrons. The van der Waals surface area contributed by atoms with E-state index in [-0.39, 0.29) is 0 Å². The van der Waals surface area contributed by atoms with Crippen molar-refractivity contribution in [3.63, 3.8) is 0 Å². The number of para-hydroxylation sites is 1. The van der Waals surface area contributed by atoms with Gasteiger partial charge in [0.2, 0.25) is 0 Å². The van der Waals surface area contributed by atoms with Gasteiger partial charge in [-0.1, -0.05) is 80.6 Å². The van der Waals surface area contributed by atoms with Crippen LogP contribution in [0.25, 0.3) is 0 Å². The molecule has 2 aliphatic heterocycles. The van der Waals surface area contributed by atoms with Crippen LogP contribution in [-0.2, 0) is 0 Å². The van der Waals surface area contributed by atoms with Crippen molar-refractivity contribution >= 4 is 51.8 Å². The normalized spacial score (nSPS) is 29.3. The van der Waals surface area contributed by atoms with Crippen LogP contribution in [0.4, 0.5) is 5.69 Å². The highest BCUT2D eigenvalue weighted by Crippen LogP contribution is 2.48. The zero-order chi connectivity index (χ0) is 25.3. The fourth-order valence-corrected chi connectivity index (χ4v) is 9.06. The first-order valence-electron chi connectivity index (χ1n) is 13.2. The second kappa shape index (κ2) is 11.3. The number of allylic oxidation sites excluding steroid dienone is 4. The minimum atomic E-state index is 0.351. The molecule has 4 unspecified atom stereocenters. The van der Waals surface area contributed by atoms with Crippen molar-refractivity contribution in [1.29, 1.82) is 0 Å². The molecule has 2 aromatic carbocycles. The van der Waals surface area contributed by atoms with E-state index in [1.165, 1.54) is 43.3 Å². The van der Waals surface area contributed by atoms with Crippen LogP contribution in [0.3, 0.4) is 0 Å². The van der Waals surface area contributed by atoms with Gasteiger partial charge in [-0.25, -0.2) is 0 Å². The fourth-order valence-electron chi connectivity index (χ4n) is 5.83. The van der Waals surface area contributed by atoms with Crippen LogP contribution >= 0.6 is 46.1 Å². The van der Waals surface area contributed by atoms with Gasteiger partial charge in [-0.15, -0.1) is 11.8 Å². The molecule has 5 heteroatoms. The van der Waals surface area contributed by atoms with E-state index >= 15 is 0 Å². The van der Waals surface area contributed by atoms with E-state index < -0.39 is 0 Å². The van der Waals surface area contributed by atoms with E-state index in [2.05, 4.69) is 133 Å². The predicted molar refractivity (Wildman–Crippen MR) is 167 cm³/mol. The lowest BCUT2D eigenvalue weighted by Gasteiger charge is -2.36. The molecule has 2 heterocycles. The van der Waals surface area contributed by atoms with Gasteiger partial charge < -0.3 is 4.90 Å². The van der Waals surface area contributed by atoms with Gasteiger partial charge in [-0.05, 0) is 97.0 Å². The van der Waals surface area contributed by atoms with Crippen LogP contribution in [-0.4, -0.2) is 29.4 Å². The summed E-state index contributed by atoms with van der Waals surface area (Å²) in [5.74, 6) is 0.607. The van der Waals surface area contributed by atoms with Crippen LogP contribution < -0.4 is 4.90 Å². The molecular formula is C31H37IN2S2. The van der Waals surface area contributed by atoms with Crippen molar-refractivity contribution in [2.24, 2.45) is 11.3 Å². The number of benzene rings is 2. The number of hydrogen-bond acceptors (Lipinski definition) is 4. The molecule has 0 amide bonds. The Bertz CT molecular complexity index is 1180. The number of halogens is 1. The van der Waals surface area contributed by atoms with Gasteiger partial charge in [0.1, 0.15) is 0 Å². The van der Waals surface area contributed by atoms with Gasteiger partial charge in [0, 0.05) is 19.9 Å². The molecule has 0 bridgehead atoms. The first kappa shape index (κ1) is 26.5. The van der Waals surface area contributed by atoms with Crippen LogP contribution in [0.1, 0.15) is 47.0 Å². The number of likely N-dealkylation sites (N-methyl/N-ethyl adjacent to an activating group) is 1. The van der Waals surface area contributed by atoms with Gasteiger partial charge >= 0.3 is 0 Å². The molecule has 0 radical (unpaired) electrons. The molecule has 4 atom stereocenters. The molecule has 5 rings (SSSR count). The molecule has 1 aliphatic carbocycles. The standard InChI is InChI=1S/C31H37IN2S2/c1-5-33-25-14-8-10-16-28(25)35-29(33)17-11-12-22-18-23(21-31(3,4)20-22)19-26-30(34(26)6-2)36-27-15-9-7-13-24(27)32/h7-17,19,22,26,30H,5-6,18,20-21H2,1-4H3/b12-11+,23-19-,29-17-. The molecule has 0 N–H and O–H groups in total. The Labute approximate surface area is 239 Å². The third kappa shape index (κ3) is 5.95. The second-order valence-corrected chi connectivity index (χ2v) is 14.2. The molecule has 3 aliphatic rings. The van der Waals surface area contributed by atoms with Gasteiger partial charge in [0.25, 0.3) is 0 Å². The topological polar surface area (TPSA) is 6.25 Å². The van der Waals surface area contributed by atoms with Gasteiger partial charge in [0.05, 0.1) is 22.1 Å². The Morgan fingerprint density at radius 2 is 1.86 bits per heavy atom. The Balaban J connectivity index is 1.27. The highest BCUT2D eigenvalue weighted by Gasteiger charge is 2.46. The van der Waals surface area contributed by atoms with Crippen LogP contribution in [0.15, 0.2) is 93.2 Å². The minimum Gasteiger partial charge on any atom is -0.335 e. The maximum atomic E-state index is 2.63. The number of nitrogens with zero attached hydrogens (tertiary/aromatic N) is 2. The van der Waals surface area contributed by atoms with Gasteiger partial charge in [-0.2, -0.15) is 0 Å². The van der Waals surface area contributed by atoms with Crippen molar-refractivity contribution < 1.29 is 0 Å². The summed E-state index contributed by atoms with van der Waals surface area (Å²) in [5, 5.41) is 1.91. The summed E-state index contributed by atoms with van der Waals surface area (Å²) in [5.41, 5.74) is 3.35. The minimum absolute atomic E-state index is 0.351. The quantitative estimate of drug-likeness (QED) is 0.171. The number of thioether (sulfide) groups is 2. The smallest absolute Gasteiger partial charge is 0.0804 e. The van der Waals surface area contributed by atoms with Crippen LogP contribution in [0.2, 0.25) is 0 Å². The highest BCUT2D eigenvalue weighted by atomic mass is 127. The maximum Gasteiger partial charge on any atom is 0.0804 e. The fraction of sp³-hybridized carbons (Fsp3) is 0.419. The average Bonchev–Trinajstić information content (AvgIpc) is 3.35. The Hall–Kier alpha value is -1.15. The van der Waals surface area contributed by atoms with Crippen molar-refractivity contribution in [2.45, 2.75) is 68.2 Å². The molecule has 2 aromatic rings. The molecule has 36 heavy (non-hydrogen) atoms. The summed E-state index contributed by atoms with van der Waals surface area (Å²) >= 11 is 6.40. The zero-order valence-corrected chi connectivity index (χ0v) is 25.6. The molecular weight excluding hydrogens is 591 g/mol. The number of rotatable bonds is 7. The summed E-state index contributed by atoms with van der Waals surface area (Å²) in [6.45, 7) is 11.6. The first-order chi connectivity index (χ1) is 17.4. The van der Waals surface area contributed by atoms with Gasteiger partial charge in [0.15, 0.2) is 0 Å². The third-order valence-corrected chi connectivity index (χ3v) is 11.2. The van der Waals surface area contributed by atoms with E-state index in [1.807, 2.05) is 23.5 Å². The maximum absolute atomic E-state index is 2.63. The molecule has 0 spiro atoms. The largest absolute Gasteiger partial charge is 0.335 e. The molecule has 0 aromatic heterocycles. The number of fused-ring (bicyclic) bond motifs is 1. The van der Waals surface area contributed by atoms with E-state index in [0.29, 0.717) is 22.7 Å². The monoisotopic (exact) mass is 628 g/mol. The van der Waals surface area contributed by atoms with Crippen molar-refractivity contribution in [1.82, 2.24) is 4.90 Å². The van der Waals surface area contributed by atoms with Crippen LogP contribution in [0, 0.1) is 14.9 Å². The summed E-state index contributed by atoms with van der Waals surface area (Å²) < 4.78 is 1.36. The third-order valence-electron chi connectivity index (χ3n) is 7.39. The summed E-state index contributed by atoms with van der Waals surface area (Å²) in [4.78, 5) is 7.84. The number of anilines is 1. The molecule has 1 saturated carbocycles. The SMILES string of the molecule is CCN1/C(=C/C=C/C2C/C(=C/C3C(Sc4ccccc4I)N3CC)CC(C)(C)C2)Sc2ccccc21. The van der Waals surface area contributed by atoms with Crippen molar-refractivity contribution in [2.75, 3.05) is 18.0 Å². The molecule has 2 fully saturated rings. The molecule has 1 saturated heterocycles. The highest BCUT2D eigenvalue weighted by molar-refractivity contribution is 14.1. The summed E-state index contributed by atoms with van der Waals surface area (Å²) in [6, 6.07) is 18.1. The number of hydrogen-bond donors (Lipinski definition) is 0. The lowest BCUT2D eigenvalue weighted by molar-refractivity contribution is 0.250. The molecule has 2 nitrogen and oxygen atoms in total. The van der Waals surface area contributed by atoms with Crippen molar-refractivity contribution in [3.8, 4) is 0 Å². The Kier molecular flexibility index (Phi) is 8.31. The summed E-state index contributed by atoms with van der Waals surface area (Å²) in [7, 11) is 0. The Morgan fingerprint density at radius 3 is 2.64 bits per heavy atom. The van der Waals surface area contributed by atoms with E-state index in [4.69, 9.17) is 0 Å². The van der Waals surface area contributed by atoms with E-state index in [0.717, 1.165) is 13.1 Å². The van der Waals surface area contributed by atoms with Crippen LogP contribution in [0.5, 0.6) is 0 Å². The lowest BCUT2D eigenvalue weighted by Crippen LogP contribution is -2.23. The second-order valence-electron chi connectivity index (χ2n) is 10.8. The van der Waals surface area contributed by atoms with Gasteiger partial charge in [-0.3, -0.25) is 4.90 Å². The first-order valence-corrected chi connectivity index (χ1v) is 16.0. The lowest BCUT2D eigenvalue weighted by atomic mass is 9.70. The Morgan fingerprint density at radius 1 is 1.08 bits per heavy atom.